The molecule has 0 saturated carbocycles. The van der Waals surface area contributed by atoms with Gasteiger partial charge in [0.1, 0.15) is 5.78 Å². The molecule has 0 amide bonds. The highest BCUT2D eigenvalue weighted by molar-refractivity contribution is 5.72. The Kier molecular flexibility index (Phi) is 23.9. The zero-order valence-electron chi connectivity index (χ0n) is 8.38. The summed E-state index contributed by atoms with van der Waals surface area (Å²) in [5.41, 5.74) is 0. The second-order valence-corrected chi connectivity index (χ2v) is 1.83. The fourth-order valence-electron chi connectivity index (χ4n) is 0.203. The topological polar surface area (TPSA) is 63.6 Å². The van der Waals surface area contributed by atoms with Crippen LogP contribution in [0.5, 0.6) is 0 Å². The highest BCUT2D eigenvalue weighted by Crippen LogP contribution is 1.69. The number of rotatable bonds is 1. The molecule has 0 atom stereocenters. The summed E-state index contributed by atoms with van der Waals surface area (Å²) in [4.78, 5) is 19.3. The van der Waals surface area contributed by atoms with Crippen molar-refractivity contribution in [1.29, 1.82) is 0 Å². The van der Waals surface area contributed by atoms with Crippen LogP contribution in [0.2, 0.25) is 0 Å². The maximum Gasteiger partial charge on any atom is 0.302 e. The van der Waals surface area contributed by atoms with Crippen LogP contribution < -0.4 is 0 Å². The van der Waals surface area contributed by atoms with Gasteiger partial charge >= 0.3 is 5.97 Å². The van der Waals surface area contributed by atoms with Crippen LogP contribution >= 0.6 is 0 Å². The molecular weight excluding hydrogens is 160 g/mol. The Labute approximate surface area is 73.5 Å². The smallest absolute Gasteiger partial charge is 0.302 e. The van der Waals surface area contributed by atoms with E-state index in [1.807, 2.05) is 0 Å². The first kappa shape index (κ1) is 17.3. The number of aliphatic hydroxyl groups excluding tert-OH is 1. The second kappa shape index (κ2) is 16.6. The van der Waals surface area contributed by atoms with Crippen molar-refractivity contribution in [1.82, 2.24) is 0 Å². The lowest BCUT2D eigenvalue weighted by atomic mass is 10.6. The highest BCUT2D eigenvalue weighted by atomic mass is 16.5. The lowest BCUT2D eigenvalue weighted by Gasteiger charge is -1.89. The third-order valence-corrected chi connectivity index (χ3v) is 0.348. The molecule has 4 heteroatoms. The van der Waals surface area contributed by atoms with E-state index in [0.29, 0.717) is 6.61 Å². The predicted molar refractivity (Wildman–Crippen MR) is 46.8 cm³/mol. The number of carbonyl (C=O) groups excluding carboxylic acids is 2. The summed E-state index contributed by atoms with van der Waals surface area (Å²) in [6.45, 7) is 6.71. The Morgan fingerprint density at radius 3 is 1.42 bits per heavy atom. The van der Waals surface area contributed by atoms with Gasteiger partial charge in [-0.2, -0.15) is 0 Å². The number of esters is 1. The average Bonchev–Trinajstić information content (AvgIpc) is 1.90. The Morgan fingerprint density at radius 2 is 1.42 bits per heavy atom. The van der Waals surface area contributed by atoms with Crippen molar-refractivity contribution in [2.24, 2.45) is 0 Å². The number of hydrogen-bond donors (Lipinski definition) is 1. The molecule has 12 heavy (non-hydrogen) atoms. The fraction of sp³-hybridized carbons (Fsp3) is 0.750. The van der Waals surface area contributed by atoms with Gasteiger partial charge < -0.3 is 14.6 Å². The third kappa shape index (κ3) is 135. The quantitative estimate of drug-likeness (QED) is 0.602. The molecule has 0 saturated heterocycles. The molecule has 0 spiro atoms. The normalized spacial score (nSPS) is 6.50. The summed E-state index contributed by atoms with van der Waals surface area (Å²) >= 11 is 0. The lowest BCUT2D eigenvalue weighted by Crippen LogP contribution is -1.95. The minimum atomic E-state index is -0.211. The van der Waals surface area contributed by atoms with E-state index in [2.05, 4.69) is 4.74 Å². The van der Waals surface area contributed by atoms with Gasteiger partial charge in [-0.15, -0.1) is 0 Å². The van der Waals surface area contributed by atoms with Crippen molar-refractivity contribution in [2.75, 3.05) is 13.7 Å². The number of carbonyl (C=O) groups is 2. The SMILES string of the molecule is CC(C)=O.CCOC(C)=O.CO. The van der Waals surface area contributed by atoms with Crippen molar-refractivity contribution in [3.8, 4) is 0 Å². The Morgan fingerprint density at radius 1 is 1.17 bits per heavy atom. The van der Waals surface area contributed by atoms with E-state index in [0.717, 1.165) is 7.11 Å². The van der Waals surface area contributed by atoms with E-state index in [4.69, 9.17) is 5.11 Å². The van der Waals surface area contributed by atoms with Crippen molar-refractivity contribution in [3.05, 3.63) is 0 Å². The highest BCUT2D eigenvalue weighted by Gasteiger charge is 1.81. The van der Waals surface area contributed by atoms with Crippen LogP contribution in [0.15, 0.2) is 0 Å². The Balaban J connectivity index is -0.000000118. The van der Waals surface area contributed by atoms with Crippen LogP contribution in [0.3, 0.4) is 0 Å². The number of aliphatic hydroxyl groups is 1. The summed E-state index contributed by atoms with van der Waals surface area (Å²) in [6.07, 6.45) is 0. The van der Waals surface area contributed by atoms with E-state index in [1.165, 1.54) is 20.8 Å². The van der Waals surface area contributed by atoms with Crippen LogP contribution in [0.4, 0.5) is 0 Å². The molecule has 0 unspecified atom stereocenters. The van der Waals surface area contributed by atoms with Gasteiger partial charge in [-0.3, -0.25) is 4.79 Å². The summed E-state index contributed by atoms with van der Waals surface area (Å²) in [7, 11) is 1.00. The largest absolute Gasteiger partial charge is 0.466 e. The molecule has 0 aliphatic heterocycles. The van der Waals surface area contributed by atoms with Crippen LogP contribution in [-0.2, 0) is 14.3 Å². The Hall–Kier alpha value is -0.900. The zero-order valence-corrected chi connectivity index (χ0v) is 8.38. The van der Waals surface area contributed by atoms with E-state index >= 15 is 0 Å². The summed E-state index contributed by atoms with van der Waals surface area (Å²) in [5, 5.41) is 7.00. The van der Waals surface area contributed by atoms with Gasteiger partial charge in [-0.1, -0.05) is 0 Å². The van der Waals surface area contributed by atoms with Gasteiger partial charge in [0.15, 0.2) is 0 Å². The molecule has 0 radical (unpaired) electrons. The predicted octanol–water partition coefficient (Wildman–Crippen LogP) is 0.773. The van der Waals surface area contributed by atoms with Gasteiger partial charge in [-0.25, -0.2) is 0 Å². The van der Waals surface area contributed by atoms with Crippen LogP contribution in [0.25, 0.3) is 0 Å². The maximum atomic E-state index is 9.82. The summed E-state index contributed by atoms with van der Waals surface area (Å²) in [5.74, 6) is -0.0440. The van der Waals surface area contributed by atoms with Crippen LogP contribution in [-0.4, -0.2) is 30.6 Å². The minimum absolute atomic E-state index is 0.167. The third-order valence-electron chi connectivity index (χ3n) is 0.348. The van der Waals surface area contributed by atoms with Crippen molar-refractivity contribution in [2.45, 2.75) is 27.7 Å². The molecule has 0 aliphatic rings. The average molecular weight is 178 g/mol. The van der Waals surface area contributed by atoms with Gasteiger partial charge in [0, 0.05) is 14.0 Å². The monoisotopic (exact) mass is 178 g/mol. The van der Waals surface area contributed by atoms with Crippen LogP contribution in [0, 0.1) is 0 Å². The molecule has 74 valence electrons. The number of ether oxygens (including phenoxy) is 1. The lowest BCUT2D eigenvalue weighted by molar-refractivity contribution is -0.140. The Bertz CT molecular complexity index is 106. The van der Waals surface area contributed by atoms with Gasteiger partial charge in [0.05, 0.1) is 6.61 Å². The zero-order chi connectivity index (χ0) is 10.6. The molecule has 0 rings (SSSR count). The number of ketones is 1. The number of Topliss-reactive ketones (excluding diaryl/α,β-unsaturated/α-hetero) is 1. The van der Waals surface area contributed by atoms with Crippen molar-refractivity contribution < 1.29 is 19.4 Å². The van der Waals surface area contributed by atoms with E-state index in [9.17, 15) is 9.59 Å². The van der Waals surface area contributed by atoms with Crippen molar-refractivity contribution in [3.63, 3.8) is 0 Å². The van der Waals surface area contributed by atoms with Crippen molar-refractivity contribution >= 4 is 11.8 Å². The second-order valence-electron chi connectivity index (χ2n) is 1.83. The van der Waals surface area contributed by atoms with E-state index in [1.54, 1.807) is 6.92 Å². The number of hydrogen-bond acceptors (Lipinski definition) is 4. The van der Waals surface area contributed by atoms with E-state index < -0.39 is 0 Å². The first-order chi connectivity index (χ1) is 5.50. The standard InChI is InChI=1S/C4H8O2.C3H6O.CH4O/c1-3-6-4(2)5;1-3(2)4;1-2/h3H2,1-2H3;1-2H3;2H,1H3. The maximum absolute atomic E-state index is 9.82. The molecule has 0 heterocycles. The molecular formula is C8H18O4. The molecule has 0 aromatic rings. The van der Waals surface area contributed by atoms with Gasteiger partial charge in [-0.05, 0) is 20.8 Å². The minimum Gasteiger partial charge on any atom is -0.466 e. The molecule has 0 fully saturated rings. The molecule has 4 nitrogen and oxygen atoms in total. The van der Waals surface area contributed by atoms with Gasteiger partial charge in [0.25, 0.3) is 0 Å². The molecule has 0 bridgehead atoms. The summed E-state index contributed by atoms with van der Waals surface area (Å²) in [6, 6.07) is 0. The molecule has 0 aromatic heterocycles. The molecule has 1 N–H and O–H groups in total. The first-order valence-electron chi connectivity index (χ1n) is 3.56. The van der Waals surface area contributed by atoms with Crippen LogP contribution in [0.1, 0.15) is 27.7 Å². The molecule has 0 aliphatic carbocycles. The fourth-order valence-corrected chi connectivity index (χ4v) is 0.203. The first-order valence-corrected chi connectivity index (χ1v) is 3.56. The van der Waals surface area contributed by atoms with E-state index in [-0.39, 0.29) is 11.8 Å². The summed E-state index contributed by atoms with van der Waals surface area (Å²) < 4.78 is 4.40. The molecule has 0 aromatic carbocycles. The van der Waals surface area contributed by atoms with Gasteiger partial charge in [0.2, 0.25) is 0 Å².